The molecule has 2 atom stereocenters. The van der Waals surface area contributed by atoms with E-state index in [0.717, 1.165) is 18.4 Å². The normalized spacial score (nSPS) is 12.7. The van der Waals surface area contributed by atoms with Gasteiger partial charge >= 0.3 is 5.97 Å². The predicted octanol–water partition coefficient (Wildman–Crippen LogP) is 3.96. The molecule has 0 aliphatic carbocycles. The molecule has 1 aromatic carbocycles. The minimum absolute atomic E-state index is 0.0547. The first kappa shape index (κ1) is 19.7. The van der Waals surface area contributed by atoms with E-state index in [1.54, 1.807) is 19.1 Å². The average molecular weight is 329 g/mol. The molecule has 0 saturated carbocycles. The van der Waals surface area contributed by atoms with Gasteiger partial charge in [0.15, 0.2) is 0 Å². The molecule has 0 bridgehead atoms. The minimum atomic E-state index is -0.345. The van der Waals surface area contributed by atoms with Crippen LogP contribution in [0.25, 0.3) is 0 Å². The second-order valence-electron chi connectivity index (χ2n) is 5.77. The Hall–Kier alpha value is -2.36. The number of amides is 1. The van der Waals surface area contributed by atoms with E-state index < -0.39 is 0 Å². The summed E-state index contributed by atoms with van der Waals surface area (Å²) in [6, 6.07) is 9.18. The molecule has 1 amide bonds. The van der Waals surface area contributed by atoms with E-state index in [4.69, 9.17) is 4.74 Å². The van der Waals surface area contributed by atoms with Gasteiger partial charge in [0.25, 0.3) is 0 Å². The SMILES string of the molecule is C=CCCCC(=O)N[C@@H](COC(=O)[C@H](C)CC=C)c1ccccc1. The van der Waals surface area contributed by atoms with Crippen molar-refractivity contribution < 1.29 is 14.3 Å². The highest BCUT2D eigenvalue weighted by Crippen LogP contribution is 2.15. The van der Waals surface area contributed by atoms with Gasteiger partial charge in [0.2, 0.25) is 5.91 Å². The largest absolute Gasteiger partial charge is 0.463 e. The maximum absolute atomic E-state index is 12.1. The lowest BCUT2D eigenvalue weighted by molar-refractivity contribution is -0.149. The number of hydrogen-bond donors (Lipinski definition) is 1. The van der Waals surface area contributed by atoms with Crippen LogP contribution in [0.1, 0.15) is 44.2 Å². The average Bonchev–Trinajstić information content (AvgIpc) is 2.59. The molecule has 0 aliphatic heterocycles. The predicted molar refractivity (Wildman–Crippen MR) is 96.3 cm³/mol. The van der Waals surface area contributed by atoms with Gasteiger partial charge in [0.1, 0.15) is 6.61 Å². The van der Waals surface area contributed by atoms with Crippen molar-refractivity contribution >= 4 is 11.9 Å². The van der Waals surface area contributed by atoms with Crippen LogP contribution in [0.5, 0.6) is 0 Å². The lowest BCUT2D eigenvalue weighted by atomic mass is 10.1. The van der Waals surface area contributed by atoms with Gasteiger partial charge in [-0.25, -0.2) is 0 Å². The summed E-state index contributed by atoms with van der Waals surface area (Å²) in [5, 5.41) is 2.95. The molecular formula is C20H27NO3. The Bertz CT molecular complexity index is 539. The van der Waals surface area contributed by atoms with Crippen molar-refractivity contribution in [1.29, 1.82) is 0 Å². The van der Waals surface area contributed by atoms with Gasteiger partial charge in [0.05, 0.1) is 12.0 Å². The van der Waals surface area contributed by atoms with Crippen LogP contribution in [-0.2, 0) is 14.3 Å². The molecule has 0 unspecified atom stereocenters. The third kappa shape index (κ3) is 7.27. The number of hydrogen-bond acceptors (Lipinski definition) is 3. The molecule has 24 heavy (non-hydrogen) atoms. The van der Waals surface area contributed by atoms with Crippen LogP contribution in [0.4, 0.5) is 0 Å². The fourth-order valence-corrected chi connectivity index (χ4v) is 2.23. The van der Waals surface area contributed by atoms with Crippen LogP contribution < -0.4 is 5.32 Å². The van der Waals surface area contributed by atoms with Crippen LogP contribution in [0, 0.1) is 5.92 Å². The number of carbonyl (C=O) groups excluding carboxylic acids is 2. The first-order valence-electron chi connectivity index (χ1n) is 8.31. The minimum Gasteiger partial charge on any atom is -0.463 e. The molecule has 0 aliphatic rings. The van der Waals surface area contributed by atoms with Gasteiger partial charge in [0, 0.05) is 6.42 Å². The highest BCUT2D eigenvalue weighted by atomic mass is 16.5. The topological polar surface area (TPSA) is 55.4 Å². The number of rotatable bonds is 11. The van der Waals surface area contributed by atoms with Crippen LogP contribution in [-0.4, -0.2) is 18.5 Å². The zero-order valence-electron chi connectivity index (χ0n) is 14.4. The monoisotopic (exact) mass is 329 g/mol. The number of ether oxygens (including phenoxy) is 1. The summed E-state index contributed by atoms with van der Waals surface area (Å²) in [6.45, 7) is 9.20. The fourth-order valence-electron chi connectivity index (χ4n) is 2.23. The Labute approximate surface area is 144 Å². The van der Waals surface area contributed by atoms with Crippen LogP contribution in [0.2, 0.25) is 0 Å². The molecule has 0 saturated heterocycles. The third-order valence-corrected chi connectivity index (χ3v) is 3.66. The van der Waals surface area contributed by atoms with Gasteiger partial charge < -0.3 is 10.1 Å². The van der Waals surface area contributed by atoms with Crippen LogP contribution >= 0.6 is 0 Å². The summed E-state index contributed by atoms with van der Waals surface area (Å²) in [5.74, 6) is -0.570. The molecule has 0 fully saturated rings. The van der Waals surface area contributed by atoms with Crippen LogP contribution in [0.15, 0.2) is 55.6 Å². The Morgan fingerprint density at radius 2 is 1.92 bits per heavy atom. The molecule has 1 aromatic rings. The number of carbonyl (C=O) groups is 2. The van der Waals surface area contributed by atoms with Gasteiger partial charge in [-0.05, 0) is 24.8 Å². The first-order valence-corrected chi connectivity index (χ1v) is 8.31. The molecule has 0 heterocycles. The maximum atomic E-state index is 12.1. The Morgan fingerprint density at radius 1 is 1.21 bits per heavy atom. The van der Waals surface area contributed by atoms with Crippen molar-refractivity contribution in [2.45, 2.75) is 38.6 Å². The van der Waals surface area contributed by atoms with E-state index in [0.29, 0.717) is 12.8 Å². The van der Waals surface area contributed by atoms with Gasteiger partial charge in [-0.1, -0.05) is 49.4 Å². The van der Waals surface area contributed by atoms with Crippen molar-refractivity contribution in [2.24, 2.45) is 5.92 Å². The summed E-state index contributed by atoms with van der Waals surface area (Å²) in [7, 11) is 0. The first-order chi connectivity index (χ1) is 11.6. The van der Waals surface area contributed by atoms with Gasteiger partial charge in [-0.2, -0.15) is 0 Å². The second kappa shape index (κ2) is 11.2. The lowest BCUT2D eigenvalue weighted by Gasteiger charge is -2.20. The summed E-state index contributed by atoms with van der Waals surface area (Å²) < 4.78 is 5.38. The molecule has 4 heteroatoms. The second-order valence-corrected chi connectivity index (χ2v) is 5.77. The Morgan fingerprint density at radius 3 is 2.54 bits per heavy atom. The number of benzene rings is 1. The summed E-state index contributed by atoms with van der Waals surface area (Å²) >= 11 is 0. The molecule has 130 valence electrons. The summed E-state index contributed by atoms with van der Waals surface area (Å²) in [6.07, 6.45) is 6.05. The lowest BCUT2D eigenvalue weighted by Crippen LogP contribution is -2.32. The van der Waals surface area contributed by atoms with Crippen molar-refractivity contribution in [3.8, 4) is 0 Å². The summed E-state index contributed by atoms with van der Waals surface area (Å²) in [5.41, 5.74) is 0.916. The highest BCUT2D eigenvalue weighted by Gasteiger charge is 2.19. The number of allylic oxidation sites excluding steroid dienone is 2. The fraction of sp³-hybridized carbons (Fsp3) is 0.400. The van der Waals surface area contributed by atoms with Crippen molar-refractivity contribution in [1.82, 2.24) is 5.32 Å². The zero-order valence-corrected chi connectivity index (χ0v) is 14.4. The molecule has 4 nitrogen and oxygen atoms in total. The van der Waals surface area contributed by atoms with E-state index in [9.17, 15) is 9.59 Å². The smallest absolute Gasteiger partial charge is 0.309 e. The molecule has 1 N–H and O–H groups in total. The highest BCUT2D eigenvalue weighted by molar-refractivity contribution is 5.76. The molecular weight excluding hydrogens is 302 g/mol. The van der Waals surface area contributed by atoms with E-state index in [1.165, 1.54) is 0 Å². The molecule has 0 spiro atoms. The zero-order chi connectivity index (χ0) is 17.8. The Kier molecular flexibility index (Phi) is 9.20. The van der Waals surface area contributed by atoms with E-state index in [1.807, 2.05) is 30.3 Å². The molecule has 0 radical (unpaired) electrons. The number of unbranched alkanes of at least 4 members (excludes halogenated alkanes) is 1. The quantitative estimate of drug-likeness (QED) is 0.380. The maximum Gasteiger partial charge on any atom is 0.309 e. The molecule has 0 aromatic heterocycles. The van der Waals surface area contributed by atoms with E-state index in [2.05, 4.69) is 18.5 Å². The Balaban J connectivity index is 2.65. The number of nitrogens with one attached hydrogen (secondary N) is 1. The number of esters is 1. The standard InChI is InChI=1S/C20H27NO3/c1-4-6-8-14-19(22)21-18(17-12-9-7-10-13-17)15-24-20(23)16(3)11-5-2/h4-5,7,9-10,12-13,16,18H,1-2,6,8,11,14-15H2,3H3,(H,21,22)/t16-,18+/m1/s1. The van der Waals surface area contributed by atoms with Crippen molar-refractivity contribution in [3.05, 3.63) is 61.2 Å². The van der Waals surface area contributed by atoms with Gasteiger partial charge in [-0.15, -0.1) is 13.2 Å². The van der Waals surface area contributed by atoms with E-state index in [-0.39, 0.29) is 30.4 Å². The molecule has 1 rings (SSSR count). The summed E-state index contributed by atoms with van der Waals surface area (Å²) in [4.78, 5) is 24.1. The van der Waals surface area contributed by atoms with Crippen molar-refractivity contribution in [2.75, 3.05) is 6.61 Å². The van der Waals surface area contributed by atoms with Crippen LogP contribution in [0.3, 0.4) is 0 Å². The van der Waals surface area contributed by atoms with Gasteiger partial charge in [-0.3, -0.25) is 9.59 Å². The third-order valence-electron chi connectivity index (χ3n) is 3.66. The van der Waals surface area contributed by atoms with E-state index >= 15 is 0 Å². The van der Waals surface area contributed by atoms with Crippen molar-refractivity contribution in [3.63, 3.8) is 0 Å².